The van der Waals surface area contributed by atoms with Gasteiger partial charge in [0.05, 0.1) is 29.4 Å². The maximum absolute atomic E-state index is 14.0. The van der Waals surface area contributed by atoms with E-state index < -0.39 is 24.1 Å². The summed E-state index contributed by atoms with van der Waals surface area (Å²) in [5.41, 5.74) is -1.11. The number of halogens is 4. The molecule has 2 heterocycles. The Kier molecular flexibility index (Phi) is 7.66. The second-order valence-electron chi connectivity index (χ2n) is 8.55. The van der Waals surface area contributed by atoms with Gasteiger partial charge >= 0.3 is 0 Å². The van der Waals surface area contributed by atoms with E-state index in [0.717, 1.165) is 25.7 Å². The van der Waals surface area contributed by atoms with Crippen LogP contribution in [0.1, 0.15) is 68.0 Å². The van der Waals surface area contributed by atoms with Gasteiger partial charge in [-0.15, -0.1) is 0 Å². The predicted octanol–water partition coefficient (Wildman–Crippen LogP) is 4.30. The Morgan fingerprint density at radius 1 is 1.31 bits per heavy atom. The highest BCUT2D eigenvalue weighted by molar-refractivity contribution is 6.29. The second kappa shape index (κ2) is 10.1. The van der Waals surface area contributed by atoms with Crippen molar-refractivity contribution in [2.24, 2.45) is 0 Å². The van der Waals surface area contributed by atoms with Gasteiger partial charge in [-0.3, -0.25) is 9.48 Å². The first kappa shape index (κ1) is 24.3. The Balaban J connectivity index is 1.61. The van der Waals surface area contributed by atoms with Gasteiger partial charge in [-0.05, 0) is 51.7 Å². The molecule has 0 saturated heterocycles. The highest BCUT2D eigenvalue weighted by Crippen LogP contribution is 2.31. The number of nitrogens with zero attached hydrogens (tertiary/aromatic N) is 3. The van der Waals surface area contributed by atoms with E-state index in [-0.39, 0.29) is 35.0 Å². The number of aliphatic hydroxyl groups is 1. The summed E-state index contributed by atoms with van der Waals surface area (Å²) in [6.45, 7) is 2.31. The van der Waals surface area contributed by atoms with Gasteiger partial charge in [0, 0.05) is 18.4 Å². The Morgan fingerprint density at radius 2 is 2.00 bits per heavy atom. The molecule has 1 unspecified atom stereocenters. The Labute approximate surface area is 189 Å². The van der Waals surface area contributed by atoms with E-state index >= 15 is 0 Å². The van der Waals surface area contributed by atoms with E-state index in [1.807, 2.05) is 0 Å². The van der Waals surface area contributed by atoms with Crippen molar-refractivity contribution in [1.29, 1.82) is 0 Å². The fraction of sp³-hybridized carbons (Fsp3) is 0.571. The zero-order valence-corrected chi connectivity index (χ0v) is 18.6. The number of aromatic nitrogens is 3. The standard InChI is InChI=1S/C21H27ClF3N5O2/c1-21(2,32)17(23)11-27-20(31)14-10-26-18(22)9-16(14)28-12-3-5-13(6-4-12)30-8-7-15(29-30)19(24)25/h7-10,12-13,17,19,32H,3-6,11H2,1-2H3,(H,26,28)(H,27,31). The molecule has 3 N–H and O–H groups in total. The normalized spacial score (nSPS) is 20.2. The van der Waals surface area contributed by atoms with Gasteiger partial charge in [0.15, 0.2) is 0 Å². The molecule has 0 spiro atoms. The molecule has 32 heavy (non-hydrogen) atoms. The maximum Gasteiger partial charge on any atom is 0.282 e. The number of alkyl halides is 3. The van der Waals surface area contributed by atoms with Crippen LogP contribution in [-0.2, 0) is 0 Å². The largest absolute Gasteiger partial charge is 0.387 e. The van der Waals surface area contributed by atoms with Gasteiger partial charge in [0.1, 0.15) is 17.0 Å². The average molecular weight is 474 g/mol. The van der Waals surface area contributed by atoms with Gasteiger partial charge in [0.2, 0.25) is 0 Å². The summed E-state index contributed by atoms with van der Waals surface area (Å²) in [5, 5.41) is 19.6. The quantitative estimate of drug-likeness (QED) is 0.497. The first-order chi connectivity index (χ1) is 15.0. The summed E-state index contributed by atoms with van der Waals surface area (Å²) >= 11 is 6.01. The van der Waals surface area contributed by atoms with Crippen molar-refractivity contribution in [1.82, 2.24) is 20.1 Å². The van der Waals surface area contributed by atoms with Gasteiger partial charge in [-0.1, -0.05) is 11.6 Å². The molecule has 11 heteroatoms. The van der Waals surface area contributed by atoms with Crippen LogP contribution < -0.4 is 10.6 Å². The Bertz CT molecular complexity index is 926. The summed E-state index contributed by atoms with van der Waals surface area (Å²) in [5.74, 6) is -0.534. The summed E-state index contributed by atoms with van der Waals surface area (Å²) < 4.78 is 41.1. The molecule has 3 rings (SSSR count). The van der Waals surface area contributed by atoms with Crippen LogP contribution >= 0.6 is 11.6 Å². The van der Waals surface area contributed by atoms with Crippen LogP contribution in [0.5, 0.6) is 0 Å². The maximum atomic E-state index is 14.0. The first-order valence-corrected chi connectivity index (χ1v) is 10.8. The highest BCUT2D eigenvalue weighted by Gasteiger charge is 2.28. The first-order valence-electron chi connectivity index (χ1n) is 10.4. The molecular weight excluding hydrogens is 447 g/mol. The number of pyridine rings is 1. The van der Waals surface area contributed by atoms with Crippen molar-refractivity contribution < 1.29 is 23.1 Å². The van der Waals surface area contributed by atoms with Gasteiger partial charge in [-0.2, -0.15) is 5.10 Å². The molecular formula is C21H27ClF3N5O2. The molecule has 1 aliphatic carbocycles. The smallest absolute Gasteiger partial charge is 0.282 e. The van der Waals surface area contributed by atoms with Crippen LogP contribution in [0.4, 0.5) is 18.9 Å². The third kappa shape index (κ3) is 6.13. The molecule has 1 atom stereocenters. The molecule has 2 aromatic heterocycles. The lowest BCUT2D eigenvalue weighted by Gasteiger charge is -2.30. The summed E-state index contributed by atoms with van der Waals surface area (Å²) in [4.78, 5) is 16.5. The fourth-order valence-electron chi connectivity index (χ4n) is 3.63. The molecule has 0 aliphatic heterocycles. The Hall–Kier alpha value is -2.33. The molecule has 0 bridgehead atoms. The number of hydrogen-bond donors (Lipinski definition) is 3. The van der Waals surface area contributed by atoms with E-state index in [2.05, 4.69) is 20.7 Å². The van der Waals surface area contributed by atoms with Crippen LogP contribution in [-0.4, -0.2) is 50.1 Å². The van der Waals surface area contributed by atoms with Crippen LogP contribution in [0, 0.1) is 0 Å². The van der Waals surface area contributed by atoms with Crippen molar-refractivity contribution in [3.8, 4) is 0 Å². The second-order valence-corrected chi connectivity index (χ2v) is 8.94. The minimum atomic E-state index is -2.59. The van der Waals surface area contributed by atoms with Crippen molar-refractivity contribution in [2.75, 3.05) is 11.9 Å². The van der Waals surface area contributed by atoms with Crippen LogP contribution in [0.15, 0.2) is 24.5 Å². The SMILES string of the molecule is CC(C)(O)C(F)CNC(=O)c1cnc(Cl)cc1NC1CCC(n2ccc(C(F)F)n2)CC1. The molecule has 176 valence electrons. The monoisotopic (exact) mass is 473 g/mol. The van der Waals surface area contributed by atoms with E-state index in [1.165, 1.54) is 32.2 Å². The predicted molar refractivity (Wildman–Crippen MR) is 115 cm³/mol. The van der Waals surface area contributed by atoms with E-state index in [0.29, 0.717) is 5.69 Å². The van der Waals surface area contributed by atoms with Gasteiger partial charge in [-0.25, -0.2) is 18.2 Å². The molecule has 2 aromatic rings. The molecule has 1 fully saturated rings. The van der Waals surface area contributed by atoms with Crippen molar-refractivity contribution in [2.45, 2.75) is 69.8 Å². The fourth-order valence-corrected chi connectivity index (χ4v) is 3.79. The van der Waals surface area contributed by atoms with Crippen molar-refractivity contribution in [3.05, 3.63) is 40.9 Å². The number of anilines is 1. The summed E-state index contributed by atoms with van der Waals surface area (Å²) in [6.07, 6.45) is 1.61. The number of rotatable bonds is 8. The molecule has 1 amide bonds. The lowest BCUT2D eigenvalue weighted by Crippen LogP contribution is -2.42. The minimum absolute atomic E-state index is 0.0340. The van der Waals surface area contributed by atoms with Crippen LogP contribution in [0.25, 0.3) is 0 Å². The molecule has 1 aliphatic rings. The summed E-state index contributed by atoms with van der Waals surface area (Å²) in [7, 11) is 0. The minimum Gasteiger partial charge on any atom is -0.387 e. The third-order valence-electron chi connectivity index (χ3n) is 5.61. The zero-order valence-electron chi connectivity index (χ0n) is 17.9. The average Bonchev–Trinajstić information content (AvgIpc) is 3.22. The molecule has 7 nitrogen and oxygen atoms in total. The number of hydrogen-bond acceptors (Lipinski definition) is 5. The van der Waals surface area contributed by atoms with Crippen LogP contribution in [0.2, 0.25) is 5.15 Å². The third-order valence-corrected chi connectivity index (χ3v) is 5.81. The zero-order chi connectivity index (χ0) is 23.5. The lowest BCUT2D eigenvalue weighted by molar-refractivity contribution is -0.00177. The number of amides is 1. The molecule has 1 saturated carbocycles. The number of carbonyl (C=O) groups is 1. The lowest BCUT2D eigenvalue weighted by atomic mass is 9.91. The van der Waals surface area contributed by atoms with E-state index in [4.69, 9.17) is 11.6 Å². The van der Waals surface area contributed by atoms with Crippen molar-refractivity contribution >= 4 is 23.2 Å². The molecule has 0 aromatic carbocycles. The van der Waals surface area contributed by atoms with Gasteiger partial charge in [0.25, 0.3) is 12.3 Å². The Morgan fingerprint density at radius 3 is 2.59 bits per heavy atom. The van der Waals surface area contributed by atoms with E-state index in [1.54, 1.807) is 10.9 Å². The van der Waals surface area contributed by atoms with Crippen LogP contribution in [0.3, 0.4) is 0 Å². The van der Waals surface area contributed by atoms with Crippen molar-refractivity contribution in [3.63, 3.8) is 0 Å². The van der Waals surface area contributed by atoms with E-state index in [9.17, 15) is 23.1 Å². The number of nitrogens with one attached hydrogen (secondary N) is 2. The summed E-state index contributed by atoms with van der Waals surface area (Å²) in [6, 6.07) is 2.94. The van der Waals surface area contributed by atoms with Gasteiger partial charge < -0.3 is 15.7 Å². The number of carbonyl (C=O) groups excluding carboxylic acids is 1. The molecule has 0 radical (unpaired) electrons. The topological polar surface area (TPSA) is 92.1 Å². The highest BCUT2D eigenvalue weighted by atomic mass is 35.5.